The maximum Gasteiger partial charge on any atom is 0.119 e. The first-order valence-electron chi connectivity index (χ1n) is 7.36. The molecule has 0 radical (unpaired) electrons. The minimum Gasteiger partial charge on any atom is -0.497 e. The minimum absolute atomic E-state index is 0.174. The van der Waals surface area contributed by atoms with Crippen LogP contribution in [0.25, 0.3) is 0 Å². The summed E-state index contributed by atoms with van der Waals surface area (Å²) in [6.07, 6.45) is 3.61. The van der Waals surface area contributed by atoms with E-state index in [1.54, 1.807) is 7.11 Å². The van der Waals surface area contributed by atoms with Crippen LogP contribution in [0.5, 0.6) is 5.75 Å². The third-order valence-corrected chi connectivity index (χ3v) is 4.05. The Morgan fingerprint density at radius 1 is 1.37 bits per heavy atom. The van der Waals surface area contributed by atoms with E-state index in [2.05, 4.69) is 36.9 Å². The Kier molecular flexibility index (Phi) is 4.83. The number of hydrogen-bond acceptors (Lipinski definition) is 3. The number of methoxy groups -OCH3 is 1. The van der Waals surface area contributed by atoms with Crippen LogP contribution in [0.1, 0.15) is 44.7 Å². The van der Waals surface area contributed by atoms with Crippen molar-refractivity contribution in [3.8, 4) is 5.75 Å². The second-order valence-electron chi connectivity index (χ2n) is 5.36. The molecule has 0 amide bonds. The van der Waals surface area contributed by atoms with Crippen molar-refractivity contribution in [2.45, 2.75) is 51.2 Å². The molecule has 1 fully saturated rings. The van der Waals surface area contributed by atoms with E-state index in [4.69, 9.17) is 10.5 Å². The molecule has 0 bridgehead atoms. The number of benzene rings is 1. The van der Waals surface area contributed by atoms with Gasteiger partial charge in [-0.2, -0.15) is 0 Å². The maximum absolute atomic E-state index is 6.40. The van der Waals surface area contributed by atoms with E-state index in [1.807, 2.05) is 6.07 Å². The van der Waals surface area contributed by atoms with Crippen molar-refractivity contribution in [3.05, 3.63) is 29.8 Å². The molecule has 2 unspecified atom stereocenters. The fraction of sp³-hybridized carbons (Fsp3) is 0.625. The summed E-state index contributed by atoms with van der Waals surface area (Å²) in [5, 5.41) is 0. The number of nitrogens with zero attached hydrogens (tertiary/aromatic N) is 1. The zero-order chi connectivity index (χ0) is 13.8. The topological polar surface area (TPSA) is 38.5 Å². The third-order valence-electron chi connectivity index (χ3n) is 4.05. The Bertz CT molecular complexity index is 403. The van der Waals surface area contributed by atoms with E-state index in [-0.39, 0.29) is 6.04 Å². The molecule has 1 aromatic rings. The van der Waals surface area contributed by atoms with Crippen LogP contribution in [-0.4, -0.2) is 30.6 Å². The van der Waals surface area contributed by atoms with Gasteiger partial charge in [0.05, 0.1) is 13.2 Å². The van der Waals surface area contributed by atoms with Crippen molar-refractivity contribution in [2.75, 3.05) is 13.7 Å². The Morgan fingerprint density at radius 3 is 2.63 bits per heavy atom. The van der Waals surface area contributed by atoms with E-state index >= 15 is 0 Å². The Balaban J connectivity index is 2.29. The zero-order valence-corrected chi connectivity index (χ0v) is 12.3. The van der Waals surface area contributed by atoms with Crippen LogP contribution in [-0.2, 0) is 0 Å². The molecule has 1 aliphatic rings. The molecule has 3 heteroatoms. The van der Waals surface area contributed by atoms with Crippen LogP contribution in [0, 0.1) is 0 Å². The lowest BCUT2D eigenvalue weighted by Gasteiger charge is -2.35. The molecule has 2 N–H and O–H groups in total. The summed E-state index contributed by atoms with van der Waals surface area (Å²) in [6, 6.07) is 9.55. The summed E-state index contributed by atoms with van der Waals surface area (Å²) in [6.45, 7) is 5.45. The van der Waals surface area contributed by atoms with Crippen LogP contribution < -0.4 is 10.5 Å². The molecule has 1 aliphatic carbocycles. The molecule has 1 aromatic carbocycles. The predicted molar refractivity (Wildman–Crippen MR) is 79.4 cm³/mol. The first-order chi connectivity index (χ1) is 9.21. The van der Waals surface area contributed by atoms with Crippen molar-refractivity contribution >= 4 is 0 Å². The van der Waals surface area contributed by atoms with Crippen molar-refractivity contribution in [1.29, 1.82) is 0 Å². The summed E-state index contributed by atoms with van der Waals surface area (Å²) < 4.78 is 5.35. The van der Waals surface area contributed by atoms with Crippen LogP contribution in [0.4, 0.5) is 0 Å². The average molecular weight is 262 g/mol. The standard InChI is InChI=1S/C16H26N2O/c1-4-15(17)16(18(5-2)13-9-10-13)12-7-6-8-14(11-12)19-3/h6-8,11,13,15-16H,4-5,9-10,17H2,1-3H3. The highest BCUT2D eigenvalue weighted by atomic mass is 16.5. The van der Waals surface area contributed by atoms with Crippen molar-refractivity contribution in [3.63, 3.8) is 0 Å². The van der Waals surface area contributed by atoms with Crippen LogP contribution in [0.3, 0.4) is 0 Å². The molecule has 0 aliphatic heterocycles. The lowest BCUT2D eigenvalue weighted by molar-refractivity contribution is 0.168. The molecule has 19 heavy (non-hydrogen) atoms. The maximum atomic E-state index is 6.40. The second-order valence-corrected chi connectivity index (χ2v) is 5.36. The molecule has 3 nitrogen and oxygen atoms in total. The Morgan fingerprint density at radius 2 is 2.11 bits per heavy atom. The van der Waals surface area contributed by atoms with Gasteiger partial charge in [0.15, 0.2) is 0 Å². The zero-order valence-electron chi connectivity index (χ0n) is 12.3. The van der Waals surface area contributed by atoms with Crippen molar-refractivity contribution in [1.82, 2.24) is 4.90 Å². The van der Waals surface area contributed by atoms with Crippen molar-refractivity contribution in [2.24, 2.45) is 5.73 Å². The summed E-state index contributed by atoms with van der Waals surface area (Å²) in [7, 11) is 1.71. The molecule has 0 spiro atoms. The van der Waals surface area contributed by atoms with Gasteiger partial charge in [-0.25, -0.2) is 0 Å². The normalized spacial score (nSPS) is 18.4. The molecular weight excluding hydrogens is 236 g/mol. The van der Waals surface area contributed by atoms with E-state index in [0.29, 0.717) is 6.04 Å². The van der Waals surface area contributed by atoms with Gasteiger partial charge in [-0.1, -0.05) is 26.0 Å². The van der Waals surface area contributed by atoms with E-state index in [9.17, 15) is 0 Å². The largest absolute Gasteiger partial charge is 0.497 e. The quantitative estimate of drug-likeness (QED) is 0.821. The minimum atomic E-state index is 0.174. The van der Waals surface area contributed by atoms with Crippen LogP contribution in [0.2, 0.25) is 0 Å². The molecule has 2 atom stereocenters. The van der Waals surface area contributed by atoms with Gasteiger partial charge in [-0.15, -0.1) is 0 Å². The summed E-state index contributed by atoms with van der Waals surface area (Å²) in [5.74, 6) is 0.914. The van der Waals surface area contributed by atoms with Gasteiger partial charge >= 0.3 is 0 Å². The predicted octanol–water partition coefficient (Wildman–Crippen LogP) is 2.96. The molecule has 0 aromatic heterocycles. The number of hydrogen-bond donors (Lipinski definition) is 1. The summed E-state index contributed by atoms with van der Waals surface area (Å²) in [5.41, 5.74) is 7.68. The van der Waals surface area contributed by atoms with Gasteiger partial charge < -0.3 is 10.5 Å². The second kappa shape index (κ2) is 6.40. The third kappa shape index (κ3) is 3.28. The summed E-state index contributed by atoms with van der Waals surface area (Å²) in [4.78, 5) is 2.56. The first-order valence-corrected chi connectivity index (χ1v) is 7.36. The van der Waals surface area contributed by atoms with Crippen molar-refractivity contribution < 1.29 is 4.74 Å². The fourth-order valence-corrected chi connectivity index (χ4v) is 2.82. The highest BCUT2D eigenvalue weighted by molar-refractivity contribution is 5.31. The van der Waals surface area contributed by atoms with Crippen LogP contribution >= 0.6 is 0 Å². The number of ether oxygens (including phenoxy) is 1. The molecule has 2 rings (SSSR count). The molecule has 1 saturated carbocycles. The lowest BCUT2D eigenvalue weighted by atomic mass is 9.96. The van der Waals surface area contributed by atoms with Gasteiger partial charge in [-0.05, 0) is 43.5 Å². The molecule has 0 saturated heterocycles. The Hall–Kier alpha value is -1.06. The monoisotopic (exact) mass is 262 g/mol. The molecular formula is C16H26N2O. The lowest BCUT2D eigenvalue weighted by Crippen LogP contribution is -2.42. The first kappa shape index (κ1) is 14.4. The van der Waals surface area contributed by atoms with E-state index < -0.39 is 0 Å². The average Bonchev–Trinajstić information content (AvgIpc) is 3.28. The van der Waals surface area contributed by atoms with E-state index in [1.165, 1.54) is 18.4 Å². The van der Waals surface area contributed by atoms with Gasteiger partial charge in [0, 0.05) is 12.1 Å². The number of nitrogens with two attached hydrogens (primary N) is 1. The van der Waals surface area contributed by atoms with Gasteiger partial charge in [0.2, 0.25) is 0 Å². The van der Waals surface area contributed by atoms with Crippen LogP contribution in [0.15, 0.2) is 24.3 Å². The Labute approximate surface area is 116 Å². The van der Waals surface area contributed by atoms with Gasteiger partial charge in [-0.3, -0.25) is 4.90 Å². The highest BCUT2D eigenvalue weighted by Crippen LogP contribution is 2.36. The number of likely N-dealkylation sites (N-methyl/N-ethyl adjacent to an activating group) is 1. The highest BCUT2D eigenvalue weighted by Gasteiger charge is 2.35. The molecule has 106 valence electrons. The summed E-state index contributed by atoms with van der Waals surface area (Å²) >= 11 is 0. The van der Waals surface area contributed by atoms with E-state index in [0.717, 1.165) is 24.8 Å². The SMILES string of the molecule is CCC(N)C(c1cccc(OC)c1)N(CC)C1CC1. The van der Waals surface area contributed by atoms with Gasteiger partial charge in [0.1, 0.15) is 5.75 Å². The number of rotatable bonds is 7. The van der Waals surface area contributed by atoms with Gasteiger partial charge in [0.25, 0.3) is 0 Å². The smallest absolute Gasteiger partial charge is 0.119 e. The fourth-order valence-electron chi connectivity index (χ4n) is 2.82. The molecule has 0 heterocycles.